The van der Waals surface area contributed by atoms with Crippen LogP contribution in [0, 0.1) is 0 Å². The lowest BCUT2D eigenvalue weighted by Crippen LogP contribution is -2.40. The number of carbonyl (C=O) groups is 1. The number of nitrogens with one attached hydrogen (secondary N) is 1. The standard InChI is InChI=1S/C12H19N3O2/c1-4-17-11(16)9-6-5-7-14-10(9)15-12(2,3)8-13/h5-7H,4,8,13H2,1-3H3,(H,14,15). The second kappa shape index (κ2) is 5.63. The van der Waals surface area contributed by atoms with Gasteiger partial charge in [0.2, 0.25) is 0 Å². The van der Waals surface area contributed by atoms with E-state index in [1.165, 1.54) is 0 Å². The maximum Gasteiger partial charge on any atom is 0.341 e. The monoisotopic (exact) mass is 237 g/mol. The average Bonchev–Trinajstić information content (AvgIpc) is 2.29. The van der Waals surface area contributed by atoms with Crippen LogP contribution in [0.1, 0.15) is 31.1 Å². The molecular weight excluding hydrogens is 218 g/mol. The van der Waals surface area contributed by atoms with Gasteiger partial charge in [0.1, 0.15) is 11.4 Å². The molecule has 3 N–H and O–H groups in total. The van der Waals surface area contributed by atoms with Crippen molar-refractivity contribution in [2.45, 2.75) is 26.3 Å². The molecule has 0 saturated heterocycles. The van der Waals surface area contributed by atoms with E-state index in [1.807, 2.05) is 13.8 Å². The Labute approximate surface area is 101 Å². The van der Waals surface area contributed by atoms with Gasteiger partial charge in [-0.2, -0.15) is 0 Å². The molecular formula is C12H19N3O2. The third-order valence-electron chi connectivity index (χ3n) is 2.27. The summed E-state index contributed by atoms with van der Waals surface area (Å²) in [6.07, 6.45) is 1.62. The van der Waals surface area contributed by atoms with Crippen molar-refractivity contribution in [1.29, 1.82) is 0 Å². The fourth-order valence-corrected chi connectivity index (χ4v) is 1.25. The van der Waals surface area contributed by atoms with Crippen LogP contribution in [-0.2, 0) is 4.74 Å². The zero-order valence-electron chi connectivity index (χ0n) is 10.5. The van der Waals surface area contributed by atoms with Crippen LogP contribution in [0.25, 0.3) is 0 Å². The van der Waals surface area contributed by atoms with Crippen LogP contribution in [0.15, 0.2) is 18.3 Å². The SMILES string of the molecule is CCOC(=O)c1cccnc1NC(C)(C)CN. The molecule has 17 heavy (non-hydrogen) atoms. The Bertz CT molecular complexity index is 391. The summed E-state index contributed by atoms with van der Waals surface area (Å²) in [5.74, 6) is 0.123. The minimum atomic E-state index is -0.379. The smallest absolute Gasteiger partial charge is 0.341 e. The van der Waals surface area contributed by atoms with Gasteiger partial charge in [-0.3, -0.25) is 0 Å². The maximum atomic E-state index is 11.7. The number of aromatic nitrogens is 1. The Morgan fingerprint density at radius 2 is 2.29 bits per heavy atom. The second-order valence-corrected chi connectivity index (χ2v) is 4.33. The molecule has 0 aromatic carbocycles. The molecule has 0 amide bonds. The predicted octanol–water partition coefficient (Wildman–Crippen LogP) is 1.41. The molecule has 5 nitrogen and oxygen atoms in total. The summed E-state index contributed by atoms with van der Waals surface area (Å²) in [5.41, 5.74) is 5.74. The highest BCUT2D eigenvalue weighted by molar-refractivity contribution is 5.94. The molecule has 0 fully saturated rings. The average molecular weight is 237 g/mol. The van der Waals surface area contributed by atoms with Gasteiger partial charge in [0, 0.05) is 18.3 Å². The van der Waals surface area contributed by atoms with E-state index in [4.69, 9.17) is 10.5 Å². The highest BCUT2D eigenvalue weighted by Crippen LogP contribution is 2.17. The van der Waals surface area contributed by atoms with Crippen molar-refractivity contribution < 1.29 is 9.53 Å². The molecule has 0 radical (unpaired) electrons. The zero-order valence-corrected chi connectivity index (χ0v) is 10.5. The van der Waals surface area contributed by atoms with Gasteiger partial charge < -0.3 is 15.8 Å². The van der Waals surface area contributed by atoms with E-state index in [1.54, 1.807) is 25.3 Å². The fourth-order valence-electron chi connectivity index (χ4n) is 1.25. The first-order valence-corrected chi connectivity index (χ1v) is 5.60. The van der Waals surface area contributed by atoms with Gasteiger partial charge in [-0.25, -0.2) is 9.78 Å². The number of hydrogen-bond donors (Lipinski definition) is 2. The maximum absolute atomic E-state index is 11.7. The van der Waals surface area contributed by atoms with E-state index < -0.39 is 0 Å². The van der Waals surface area contributed by atoms with Crippen molar-refractivity contribution >= 4 is 11.8 Å². The van der Waals surface area contributed by atoms with Gasteiger partial charge in [0.25, 0.3) is 0 Å². The molecule has 0 aliphatic heterocycles. The van der Waals surface area contributed by atoms with Crippen molar-refractivity contribution in [3.63, 3.8) is 0 Å². The van der Waals surface area contributed by atoms with Crippen LogP contribution in [0.2, 0.25) is 0 Å². The number of anilines is 1. The number of rotatable bonds is 5. The van der Waals surface area contributed by atoms with E-state index in [-0.39, 0.29) is 11.5 Å². The van der Waals surface area contributed by atoms with Crippen molar-refractivity contribution in [3.05, 3.63) is 23.9 Å². The minimum Gasteiger partial charge on any atom is -0.462 e. The van der Waals surface area contributed by atoms with Gasteiger partial charge in [-0.1, -0.05) is 0 Å². The molecule has 0 spiro atoms. The zero-order chi connectivity index (χ0) is 12.9. The number of ether oxygens (including phenoxy) is 1. The van der Waals surface area contributed by atoms with Crippen LogP contribution in [-0.4, -0.2) is 29.6 Å². The van der Waals surface area contributed by atoms with Gasteiger partial charge in [0.15, 0.2) is 0 Å². The first-order chi connectivity index (χ1) is 8.00. The molecule has 0 bridgehead atoms. The Morgan fingerprint density at radius 3 is 2.88 bits per heavy atom. The van der Waals surface area contributed by atoms with E-state index in [0.29, 0.717) is 24.5 Å². The number of hydrogen-bond acceptors (Lipinski definition) is 5. The Kier molecular flexibility index (Phi) is 4.45. The Morgan fingerprint density at radius 1 is 1.59 bits per heavy atom. The van der Waals surface area contributed by atoms with Crippen molar-refractivity contribution in [2.24, 2.45) is 5.73 Å². The third-order valence-corrected chi connectivity index (χ3v) is 2.27. The molecule has 1 aromatic rings. The normalized spacial score (nSPS) is 11.1. The van der Waals surface area contributed by atoms with Crippen LogP contribution < -0.4 is 11.1 Å². The lowest BCUT2D eigenvalue weighted by molar-refractivity contribution is 0.0527. The van der Waals surface area contributed by atoms with E-state index in [0.717, 1.165) is 0 Å². The molecule has 0 aliphatic rings. The molecule has 5 heteroatoms. The number of pyridine rings is 1. The minimum absolute atomic E-state index is 0.324. The summed E-state index contributed by atoms with van der Waals surface area (Å²) in [6, 6.07) is 3.38. The molecule has 0 saturated carbocycles. The molecule has 0 atom stereocenters. The summed E-state index contributed by atoms with van der Waals surface area (Å²) in [5, 5.41) is 3.14. The molecule has 0 aliphatic carbocycles. The van der Waals surface area contributed by atoms with Gasteiger partial charge >= 0.3 is 5.97 Å². The topological polar surface area (TPSA) is 77.2 Å². The van der Waals surface area contributed by atoms with Gasteiger partial charge in [0.05, 0.1) is 6.61 Å². The fraction of sp³-hybridized carbons (Fsp3) is 0.500. The lowest BCUT2D eigenvalue weighted by atomic mass is 10.1. The summed E-state index contributed by atoms with van der Waals surface area (Å²) >= 11 is 0. The summed E-state index contributed by atoms with van der Waals surface area (Å²) in [7, 11) is 0. The first kappa shape index (κ1) is 13.4. The third kappa shape index (κ3) is 3.71. The number of carbonyl (C=O) groups excluding carboxylic acids is 1. The van der Waals surface area contributed by atoms with Gasteiger partial charge in [-0.05, 0) is 32.9 Å². The largest absolute Gasteiger partial charge is 0.462 e. The van der Waals surface area contributed by atoms with Crippen LogP contribution in [0.5, 0.6) is 0 Å². The summed E-state index contributed by atoms with van der Waals surface area (Å²) in [6.45, 7) is 6.43. The summed E-state index contributed by atoms with van der Waals surface area (Å²) < 4.78 is 4.97. The van der Waals surface area contributed by atoms with Crippen LogP contribution >= 0.6 is 0 Å². The molecule has 1 heterocycles. The van der Waals surface area contributed by atoms with E-state index >= 15 is 0 Å². The lowest BCUT2D eigenvalue weighted by Gasteiger charge is -2.25. The number of nitrogens with zero attached hydrogens (tertiary/aromatic N) is 1. The molecule has 0 unspecified atom stereocenters. The van der Waals surface area contributed by atoms with Crippen molar-refractivity contribution in [2.75, 3.05) is 18.5 Å². The first-order valence-electron chi connectivity index (χ1n) is 5.60. The highest BCUT2D eigenvalue weighted by atomic mass is 16.5. The second-order valence-electron chi connectivity index (χ2n) is 4.33. The van der Waals surface area contributed by atoms with E-state index in [2.05, 4.69) is 10.3 Å². The number of nitrogens with two attached hydrogens (primary N) is 1. The Balaban J connectivity index is 2.96. The van der Waals surface area contributed by atoms with Crippen LogP contribution in [0.4, 0.5) is 5.82 Å². The Hall–Kier alpha value is -1.62. The van der Waals surface area contributed by atoms with Crippen molar-refractivity contribution in [1.82, 2.24) is 4.98 Å². The summed E-state index contributed by atoms with van der Waals surface area (Å²) in [4.78, 5) is 15.9. The van der Waals surface area contributed by atoms with Crippen LogP contribution in [0.3, 0.4) is 0 Å². The molecule has 1 rings (SSSR count). The van der Waals surface area contributed by atoms with Crippen molar-refractivity contribution in [3.8, 4) is 0 Å². The quantitative estimate of drug-likeness (QED) is 0.757. The van der Waals surface area contributed by atoms with Gasteiger partial charge in [-0.15, -0.1) is 0 Å². The predicted molar refractivity (Wildman–Crippen MR) is 66.9 cm³/mol. The van der Waals surface area contributed by atoms with E-state index in [9.17, 15) is 4.79 Å². The highest BCUT2D eigenvalue weighted by Gasteiger charge is 2.20. The molecule has 94 valence electrons. The number of esters is 1. The molecule has 1 aromatic heterocycles.